The van der Waals surface area contributed by atoms with Gasteiger partial charge in [-0.05, 0) is 44.2 Å². The number of ether oxygens (including phenoxy) is 1. The summed E-state index contributed by atoms with van der Waals surface area (Å²) >= 11 is 0. The van der Waals surface area contributed by atoms with Crippen LogP contribution in [0.3, 0.4) is 0 Å². The molecule has 0 saturated heterocycles. The lowest BCUT2D eigenvalue weighted by Crippen LogP contribution is -2.09. The molecule has 0 bridgehead atoms. The first-order chi connectivity index (χ1) is 9.79. The molecule has 0 amide bonds. The van der Waals surface area contributed by atoms with Crippen molar-refractivity contribution in [3.05, 3.63) is 41.7 Å². The number of carbonyl (C=O) groups is 1. The monoisotopic (exact) mass is 298 g/mol. The zero-order chi connectivity index (χ0) is 15.6. The number of hydrogen-bond acceptors (Lipinski definition) is 3. The lowest BCUT2D eigenvalue weighted by molar-refractivity contribution is -0.137. The Morgan fingerprint density at radius 3 is 2.43 bits per heavy atom. The summed E-state index contributed by atoms with van der Waals surface area (Å²) < 4.78 is 49.3. The van der Waals surface area contributed by atoms with E-state index in [-0.39, 0.29) is 28.9 Å². The molecule has 0 saturated carbocycles. The second kappa shape index (κ2) is 5.63. The lowest BCUT2D eigenvalue weighted by Gasteiger charge is -2.14. The molecule has 0 atom stereocenters. The van der Waals surface area contributed by atoms with Crippen LogP contribution in [0, 0.1) is 0 Å². The van der Waals surface area contributed by atoms with E-state index in [1.807, 2.05) is 0 Å². The Bertz CT molecular complexity index is 642. The van der Waals surface area contributed by atoms with Crippen molar-refractivity contribution in [2.75, 3.05) is 0 Å². The third kappa shape index (κ3) is 3.65. The van der Waals surface area contributed by atoms with Crippen molar-refractivity contribution >= 4 is 6.29 Å². The molecule has 1 heterocycles. The van der Waals surface area contributed by atoms with Gasteiger partial charge in [0.1, 0.15) is 11.5 Å². The summed E-state index contributed by atoms with van der Waals surface area (Å²) in [5.41, 5.74) is -0.631. The first-order valence-electron chi connectivity index (χ1n) is 6.24. The van der Waals surface area contributed by atoms with Crippen molar-refractivity contribution in [1.29, 1.82) is 0 Å². The van der Waals surface area contributed by atoms with Crippen molar-refractivity contribution in [3.63, 3.8) is 0 Å². The van der Waals surface area contributed by atoms with Crippen molar-refractivity contribution in [1.82, 2.24) is 0 Å². The molecule has 112 valence electrons. The van der Waals surface area contributed by atoms with Crippen molar-refractivity contribution in [2.24, 2.45) is 0 Å². The molecular weight excluding hydrogens is 285 g/mol. The Balaban J connectivity index is 2.51. The van der Waals surface area contributed by atoms with Gasteiger partial charge in [-0.2, -0.15) is 13.2 Å². The lowest BCUT2D eigenvalue weighted by atomic mass is 10.1. The predicted molar refractivity (Wildman–Crippen MR) is 70.3 cm³/mol. The Morgan fingerprint density at radius 2 is 1.90 bits per heavy atom. The zero-order valence-electron chi connectivity index (χ0n) is 11.4. The van der Waals surface area contributed by atoms with Crippen molar-refractivity contribution < 1.29 is 27.1 Å². The van der Waals surface area contributed by atoms with Gasteiger partial charge in [0.2, 0.25) is 0 Å². The molecule has 0 N–H and O–H groups in total. The molecule has 0 aliphatic rings. The molecule has 0 fully saturated rings. The largest absolute Gasteiger partial charge is 0.491 e. The number of rotatable bonds is 4. The number of aldehydes is 1. The molecule has 1 aromatic carbocycles. The summed E-state index contributed by atoms with van der Waals surface area (Å²) in [6.45, 7) is 3.44. The SMILES string of the molecule is CC(C)Oc1cc(-c2ccc(C=O)o2)cc(C(F)(F)F)c1. The fourth-order valence-electron chi connectivity index (χ4n) is 1.82. The van der Waals surface area contributed by atoms with Crippen molar-refractivity contribution in [3.8, 4) is 17.1 Å². The molecule has 6 heteroatoms. The maximum Gasteiger partial charge on any atom is 0.416 e. The van der Waals surface area contributed by atoms with Crippen LogP contribution in [0.1, 0.15) is 30.0 Å². The number of carbonyl (C=O) groups excluding carboxylic acids is 1. The average molecular weight is 298 g/mol. The van der Waals surface area contributed by atoms with E-state index in [1.54, 1.807) is 13.8 Å². The standard InChI is InChI=1S/C15H13F3O3/c1-9(2)20-13-6-10(5-11(7-13)15(16,17)18)14-4-3-12(8-19)21-14/h3-9H,1-2H3. The van der Waals surface area contributed by atoms with Gasteiger partial charge in [0.05, 0.1) is 11.7 Å². The molecule has 0 aliphatic carbocycles. The molecule has 2 rings (SSSR count). The Hall–Kier alpha value is -2.24. The molecule has 0 unspecified atom stereocenters. The summed E-state index contributed by atoms with van der Waals surface area (Å²) in [6, 6.07) is 6.18. The first kappa shape index (κ1) is 15.2. The predicted octanol–water partition coefficient (Wildman–Crippen LogP) is 4.57. The van der Waals surface area contributed by atoms with Crippen LogP contribution in [0.2, 0.25) is 0 Å². The fourth-order valence-corrected chi connectivity index (χ4v) is 1.82. The van der Waals surface area contributed by atoms with Gasteiger partial charge >= 0.3 is 6.18 Å². The second-order valence-electron chi connectivity index (χ2n) is 4.73. The summed E-state index contributed by atoms with van der Waals surface area (Å²) in [4.78, 5) is 10.6. The Morgan fingerprint density at radius 1 is 1.19 bits per heavy atom. The van der Waals surface area contributed by atoms with Gasteiger partial charge in [-0.15, -0.1) is 0 Å². The number of alkyl halides is 3. The molecule has 2 aromatic rings. The Kier molecular flexibility index (Phi) is 4.06. The van der Waals surface area contributed by atoms with Gasteiger partial charge < -0.3 is 9.15 Å². The first-order valence-corrected chi connectivity index (χ1v) is 6.24. The topological polar surface area (TPSA) is 39.4 Å². The number of furan rings is 1. The third-order valence-corrected chi connectivity index (χ3v) is 2.63. The summed E-state index contributed by atoms with van der Waals surface area (Å²) in [6.07, 6.45) is -4.27. The van der Waals surface area contributed by atoms with Crippen LogP contribution in [-0.4, -0.2) is 12.4 Å². The molecule has 1 aromatic heterocycles. The second-order valence-corrected chi connectivity index (χ2v) is 4.73. The number of benzene rings is 1. The third-order valence-electron chi connectivity index (χ3n) is 2.63. The molecule has 0 radical (unpaired) electrons. The maximum absolute atomic E-state index is 12.9. The summed E-state index contributed by atoms with van der Waals surface area (Å²) in [7, 11) is 0. The smallest absolute Gasteiger partial charge is 0.416 e. The molecular formula is C15H13F3O3. The maximum atomic E-state index is 12.9. The van der Waals surface area contributed by atoms with Gasteiger partial charge in [0.15, 0.2) is 12.0 Å². The highest BCUT2D eigenvalue weighted by Gasteiger charge is 2.32. The van der Waals surface area contributed by atoms with Crippen LogP contribution in [-0.2, 0) is 6.18 Å². The van der Waals surface area contributed by atoms with E-state index in [9.17, 15) is 18.0 Å². The van der Waals surface area contributed by atoms with E-state index in [4.69, 9.17) is 9.15 Å². The summed E-state index contributed by atoms with van der Waals surface area (Å²) in [5.74, 6) is 0.324. The van der Waals surface area contributed by atoms with E-state index in [0.29, 0.717) is 6.29 Å². The molecule has 21 heavy (non-hydrogen) atoms. The molecule has 0 aliphatic heterocycles. The minimum Gasteiger partial charge on any atom is -0.491 e. The van der Waals surface area contributed by atoms with Gasteiger partial charge in [-0.3, -0.25) is 4.79 Å². The van der Waals surface area contributed by atoms with Gasteiger partial charge in [0.25, 0.3) is 0 Å². The van der Waals surface area contributed by atoms with Crippen LogP contribution in [0.5, 0.6) is 5.75 Å². The summed E-state index contributed by atoms with van der Waals surface area (Å²) in [5, 5.41) is 0. The molecule has 3 nitrogen and oxygen atoms in total. The number of halogens is 3. The van der Waals surface area contributed by atoms with E-state index in [0.717, 1.165) is 12.1 Å². The van der Waals surface area contributed by atoms with Crippen LogP contribution in [0.25, 0.3) is 11.3 Å². The highest BCUT2D eigenvalue weighted by molar-refractivity contribution is 5.73. The van der Waals surface area contributed by atoms with E-state index in [1.165, 1.54) is 18.2 Å². The van der Waals surface area contributed by atoms with Gasteiger partial charge in [-0.25, -0.2) is 0 Å². The quantitative estimate of drug-likeness (QED) is 0.776. The van der Waals surface area contributed by atoms with Gasteiger partial charge in [-0.1, -0.05) is 0 Å². The van der Waals surface area contributed by atoms with Crippen LogP contribution in [0.15, 0.2) is 34.7 Å². The van der Waals surface area contributed by atoms with E-state index < -0.39 is 11.7 Å². The normalized spacial score (nSPS) is 11.7. The number of hydrogen-bond donors (Lipinski definition) is 0. The van der Waals surface area contributed by atoms with E-state index >= 15 is 0 Å². The van der Waals surface area contributed by atoms with Crippen LogP contribution in [0.4, 0.5) is 13.2 Å². The van der Waals surface area contributed by atoms with Crippen molar-refractivity contribution in [2.45, 2.75) is 26.1 Å². The average Bonchev–Trinajstić information content (AvgIpc) is 2.85. The van der Waals surface area contributed by atoms with E-state index in [2.05, 4.69) is 0 Å². The van der Waals surface area contributed by atoms with Gasteiger partial charge in [0, 0.05) is 5.56 Å². The van der Waals surface area contributed by atoms with Crippen LogP contribution < -0.4 is 4.74 Å². The molecule has 0 spiro atoms. The minimum absolute atomic E-state index is 0.0498. The highest BCUT2D eigenvalue weighted by Crippen LogP contribution is 2.36. The van der Waals surface area contributed by atoms with Crippen LogP contribution >= 0.6 is 0 Å². The fraction of sp³-hybridized carbons (Fsp3) is 0.267. The minimum atomic E-state index is -4.49. The Labute approximate surface area is 119 Å². The highest BCUT2D eigenvalue weighted by atomic mass is 19.4. The zero-order valence-corrected chi connectivity index (χ0v) is 11.4.